The summed E-state index contributed by atoms with van der Waals surface area (Å²) in [5, 5.41) is 34.6. The molecule has 10 nitrogen and oxygen atoms in total. The van der Waals surface area contributed by atoms with Gasteiger partial charge in [-0.1, -0.05) is 58.1 Å². The number of hydrogen-bond donors (Lipinski definition) is 4. The van der Waals surface area contributed by atoms with Crippen LogP contribution in [0.15, 0.2) is 60.3 Å². The van der Waals surface area contributed by atoms with Crippen LogP contribution >= 0.6 is 0 Å². The number of cyclic esters (lactones) is 1. The molecule has 250 valence electrons. The molecule has 1 aromatic heterocycles. The predicted molar refractivity (Wildman–Crippen MR) is 171 cm³/mol. The van der Waals surface area contributed by atoms with Gasteiger partial charge < -0.3 is 34.8 Å². The number of allylic oxidation sites excluding steroid dienone is 3. The molecule has 45 heavy (non-hydrogen) atoms. The van der Waals surface area contributed by atoms with E-state index >= 15 is 0 Å². The Hall–Kier alpha value is -3.05. The molecule has 1 amide bonds. The molecule has 10 unspecified atom stereocenters. The maximum absolute atomic E-state index is 12.8. The summed E-state index contributed by atoms with van der Waals surface area (Å²) < 4.78 is 17.3. The molecule has 1 aromatic rings. The van der Waals surface area contributed by atoms with Crippen molar-refractivity contribution in [3.8, 4) is 0 Å². The van der Waals surface area contributed by atoms with Gasteiger partial charge in [0.2, 0.25) is 0 Å². The first kappa shape index (κ1) is 36.4. The summed E-state index contributed by atoms with van der Waals surface area (Å²) >= 11 is 0. The minimum Gasteiger partial charge on any atom is -0.457 e. The van der Waals surface area contributed by atoms with Gasteiger partial charge in [0.1, 0.15) is 11.7 Å². The van der Waals surface area contributed by atoms with Gasteiger partial charge in [-0.15, -0.1) is 0 Å². The number of aromatic nitrogens is 1. The van der Waals surface area contributed by atoms with E-state index < -0.39 is 36.0 Å². The molecule has 2 aliphatic rings. The number of nitrogens with one attached hydrogen (secondary N) is 1. The largest absolute Gasteiger partial charge is 0.457 e. The van der Waals surface area contributed by atoms with Gasteiger partial charge in [0.15, 0.2) is 6.10 Å². The minimum atomic E-state index is -1.50. The zero-order chi connectivity index (χ0) is 33.1. The molecule has 0 radical (unpaired) electrons. The Bertz CT molecular complexity index is 1180. The molecular formula is C35H52N2O8. The van der Waals surface area contributed by atoms with E-state index in [9.17, 15) is 24.9 Å². The van der Waals surface area contributed by atoms with E-state index in [0.717, 1.165) is 12.0 Å². The van der Waals surface area contributed by atoms with Gasteiger partial charge in [-0.2, -0.15) is 0 Å². The number of epoxide rings is 1. The summed E-state index contributed by atoms with van der Waals surface area (Å²) in [7, 11) is 0. The Balaban J connectivity index is 1.69. The lowest BCUT2D eigenvalue weighted by molar-refractivity contribution is -0.151. The highest BCUT2D eigenvalue weighted by molar-refractivity contribution is 5.70. The highest BCUT2D eigenvalue weighted by Crippen LogP contribution is 2.36. The number of hydrogen-bond acceptors (Lipinski definition) is 9. The van der Waals surface area contributed by atoms with E-state index in [-0.39, 0.29) is 61.9 Å². The van der Waals surface area contributed by atoms with Crippen molar-refractivity contribution in [1.29, 1.82) is 0 Å². The van der Waals surface area contributed by atoms with Crippen molar-refractivity contribution in [2.24, 2.45) is 17.8 Å². The summed E-state index contributed by atoms with van der Waals surface area (Å²) in [5.41, 5.74) is -0.0411. The average molecular weight is 629 g/mol. The number of carbonyl (C=O) groups excluding carboxylic acids is 2. The first-order chi connectivity index (χ1) is 21.3. The van der Waals surface area contributed by atoms with Gasteiger partial charge in [-0.25, -0.2) is 4.79 Å². The van der Waals surface area contributed by atoms with Crippen molar-refractivity contribution in [1.82, 2.24) is 10.3 Å². The molecule has 0 saturated carbocycles. The van der Waals surface area contributed by atoms with Crippen molar-refractivity contribution < 1.29 is 39.1 Å². The van der Waals surface area contributed by atoms with Crippen LogP contribution < -0.4 is 5.32 Å². The van der Waals surface area contributed by atoms with Crippen molar-refractivity contribution >= 4 is 12.1 Å². The van der Waals surface area contributed by atoms with Crippen LogP contribution in [-0.4, -0.2) is 74.6 Å². The highest BCUT2D eigenvalue weighted by atomic mass is 16.6. The predicted octanol–water partition coefficient (Wildman–Crippen LogP) is 4.78. The fraction of sp³-hybridized carbons (Fsp3) is 0.629. The van der Waals surface area contributed by atoms with Crippen LogP contribution in [0.1, 0.15) is 79.3 Å². The second-order valence-corrected chi connectivity index (χ2v) is 12.9. The lowest BCUT2D eigenvalue weighted by Crippen LogP contribution is -2.44. The third kappa shape index (κ3) is 11.7. The zero-order valence-electron chi connectivity index (χ0n) is 27.5. The molecule has 0 aromatic carbocycles. The number of aliphatic hydroxyl groups is 3. The SMILES string of the molecule is CCC(O)C(C)C1OC1CC(C)C=CC=C(C)C1OC(=O)CC(O)CCC(C)(O)C(OC(=O)NCc2ccccn2)C=CC1C. The van der Waals surface area contributed by atoms with Crippen LogP contribution in [0.5, 0.6) is 0 Å². The molecule has 0 bridgehead atoms. The number of ether oxygens (including phenoxy) is 3. The van der Waals surface area contributed by atoms with Gasteiger partial charge in [-0.3, -0.25) is 9.78 Å². The van der Waals surface area contributed by atoms with Crippen LogP contribution in [0.3, 0.4) is 0 Å². The fourth-order valence-electron chi connectivity index (χ4n) is 5.61. The van der Waals surface area contributed by atoms with E-state index in [1.165, 1.54) is 0 Å². The standard InChI is InChI=1S/C35H52N2O8/c1-7-28(39)25(5)33-29(43-33)19-22(2)11-10-12-23(3)32-24(4)14-15-30(35(6,42)17-16-27(38)20-31(40)45-32)44-34(41)37-21-26-13-8-9-18-36-26/h8-15,18,22,24-25,27-30,32-33,38-39,42H,7,16-17,19-21H2,1-6H3,(H,37,41). The first-order valence-electron chi connectivity index (χ1n) is 16.1. The number of carbonyl (C=O) groups is 2. The number of rotatable bonds is 11. The first-order valence-corrected chi connectivity index (χ1v) is 16.1. The van der Waals surface area contributed by atoms with Crippen molar-refractivity contribution in [3.63, 3.8) is 0 Å². The molecule has 10 heteroatoms. The summed E-state index contributed by atoms with van der Waals surface area (Å²) in [5.74, 6) is -0.514. The van der Waals surface area contributed by atoms with E-state index in [1.54, 1.807) is 37.4 Å². The molecule has 1 saturated heterocycles. The number of esters is 1. The summed E-state index contributed by atoms with van der Waals surface area (Å²) in [6, 6.07) is 5.38. The van der Waals surface area contributed by atoms with Crippen LogP contribution in [0.4, 0.5) is 4.79 Å². The molecule has 4 N–H and O–H groups in total. The zero-order valence-corrected chi connectivity index (χ0v) is 27.5. The van der Waals surface area contributed by atoms with Crippen LogP contribution in [0, 0.1) is 17.8 Å². The third-order valence-electron chi connectivity index (χ3n) is 8.72. The number of amides is 1. The van der Waals surface area contributed by atoms with Crippen LogP contribution in [0.25, 0.3) is 0 Å². The van der Waals surface area contributed by atoms with E-state index in [2.05, 4.69) is 23.3 Å². The van der Waals surface area contributed by atoms with Gasteiger partial charge in [0, 0.05) is 18.0 Å². The Labute approximate surface area is 267 Å². The van der Waals surface area contributed by atoms with Gasteiger partial charge in [-0.05, 0) is 69.2 Å². The Morgan fingerprint density at radius 3 is 2.73 bits per heavy atom. The van der Waals surface area contributed by atoms with Crippen LogP contribution in [0.2, 0.25) is 0 Å². The lowest BCUT2D eigenvalue weighted by atomic mass is 9.88. The van der Waals surface area contributed by atoms with Crippen LogP contribution in [-0.2, 0) is 25.5 Å². The molecule has 2 aliphatic heterocycles. The number of alkyl carbamates (subject to hydrolysis) is 1. The van der Waals surface area contributed by atoms with Gasteiger partial charge in [0.25, 0.3) is 0 Å². The molecule has 1 fully saturated rings. The van der Waals surface area contributed by atoms with E-state index in [1.807, 2.05) is 45.9 Å². The van der Waals surface area contributed by atoms with Gasteiger partial charge in [0.05, 0.1) is 43.1 Å². The van der Waals surface area contributed by atoms with E-state index in [4.69, 9.17) is 14.2 Å². The molecule has 10 atom stereocenters. The molecule has 0 spiro atoms. The highest BCUT2D eigenvalue weighted by Gasteiger charge is 2.45. The normalized spacial score (nSPS) is 31.7. The number of nitrogens with zero attached hydrogens (tertiary/aromatic N) is 1. The smallest absolute Gasteiger partial charge is 0.408 e. The second-order valence-electron chi connectivity index (χ2n) is 12.9. The summed E-state index contributed by atoms with van der Waals surface area (Å²) in [6.07, 6.45) is 8.97. The maximum Gasteiger partial charge on any atom is 0.408 e. The van der Waals surface area contributed by atoms with Crippen molar-refractivity contribution in [2.45, 2.75) is 122 Å². The Morgan fingerprint density at radius 2 is 2.04 bits per heavy atom. The second kappa shape index (κ2) is 17.0. The van der Waals surface area contributed by atoms with E-state index in [0.29, 0.717) is 12.1 Å². The fourth-order valence-corrected chi connectivity index (χ4v) is 5.61. The number of pyridine rings is 1. The topological polar surface area (TPSA) is 151 Å². The third-order valence-corrected chi connectivity index (χ3v) is 8.72. The molecule has 3 heterocycles. The summed E-state index contributed by atoms with van der Waals surface area (Å²) in [4.78, 5) is 29.6. The summed E-state index contributed by atoms with van der Waals surface area (Å²) in [6.45, 7) is 11.6. The monoisotopic (exact) mass is 628 g/mol. The quantitative estimate of drug-likeness (QED) is 0.117. The molecular weight excluding hydrogens is 576 g/mol. The lowest BCUT2D eigenvalue weighted by Gasteiger charge is -2.32. The number of aliphatic hydroxyl groups excluding tert-OH is 2. The van der Waals surface area contributed by atoms with Crippen molar-refractivity contribution in [2.75, 3.05) is 0 Å². The maximum atomic E-state index is 12.8. The molecule has 3 rings (SSSR count). The van der Waals surface area contributed by atoms with Crippen molar-refractivity contribution in [3.05, 3.63) is 66.0 Å². The molecule has 0 aliphatic carbocycles. The minimum absolute atomic E-state index is 0.0900. The Morgan fingerprint density at radius 1 is 1.29 bits per heavy atom. The van der Waals surface area contributed by atoms with Gasteiger partial charge >= 0.3 is 12.1 Å². The average Bonchev–Trinajstić information content (AvgIpc) is 3.77. The Kier molecular flexibility index (Phi) is 13.8.